The number of hydrogen-bond donors (Lipinski definition) is 3. The molecule has 1 aromatic rings. The number of carbonyl (C=O) groups is 1. The highest BCUT2D eigenvalue weighted by Crippen LogP contribution is 2.25. The van der Waals surface area contributed by atoms with Crippen LogP contribution in [0.3, 0.4) is 0 Å². The molecule has 0 aromatic heterocycles. The van der Waals surface area contributed by atoms with Crippen molar-refractivity contribution in [3.05, 3.63) is 23.8 Å². The summed E-state index contributed by atoms with van der Waals surface area (Å²) in [6, 6.07) is 5.63. The van der Waals surface area contributed by atoms with Gasteiger partial charge in [-0.2, -0.15) is 0 Å². The minimum Gasteiger partial charge on any atom is -0.495 e. The van der Waals surface area contributed by atoms with Gasteiger partial charge in [-0.1, -0.05) is 0 Å². The summed E-state index contributed by atoms with van der Waals surface area (Å²) in [6.07, 6.45) is 2.38. The van der Waals surface area contributed by atoms with Gasteiger partial charge in [0, 0.05) is 18.2 Å². The van der Waals surface area contributed by atoms with Crippen molar-refractivity contribution in [3.63, 3.8) is 0 Å². The number of nitrogens with two attached hydrogens (primary N) is 1. The van der Waals surface area contributed by atoms with Crippen LogP contribution in [0.4, 0.5) is 5.69 Å². The number of nitrogens with one attached hydrogen (secondary N) is 2. The fraction of sp³-hybridized carbons (Fsp3) is 0.462. The second-order valence-corrected chi connectivity index (χ2v) is 4.45. The lowest BCUT2D eigenvalue weighted by Crippen LogP contribution is -2.29. The summed E-state index contributed by atoms with van der Waals surface area (Å²) in [5.74, 6) is 0.290. The van der Waals surface area contributed by atoms with Gasteiger partial charge in [-0.05, 0) is 37.6 Å². The summed E-state index contributed by atoms with van der Waals surface area (Å²) in [4.78, 5) is 11.2. The third-order valence-corrected chi connectivity index (χ3v) is 3.19. The van der Waals surface area contributed by atoms with Gasteiger partial charge in [0.15, 0.2) is 0 Å². The van der Waals surface area contributed by atoms with Crippen molar-refractivity contribution in [2.75, 3.05) is 25.5 Å². The highest BCUT2D eigenvalue weighted by Gasteiger charge is 2.14. The van der Waals surface area contributed by atoms with Crippen LogP contribution in [-0.2, 0) is 0 Å². The zero-order valence-electron chi connectivity index (χ0n) is 10.5. The second-order valence-electron chi connectivity index (χ2n) is 4.45. The minimum absolute atomic E-state index is 0.431. The Balaban J connectivity index is 2.08. The molecule has 1 aliphatic rings. The number of anilines is 1. The van der Waals surface area contributed by atoms with E-state index >= 15 is 0 Å². The first-order valence-electron chi connectivity index (χ1n) is 6.16. The first-order valence-corrected chi connectivity index (χ1v) is 6.16. The molecule has 2 rings (SSSR count). The van der Waals surface area contributed by atoms with Gasteiger partial charge in [-0.15, -0.1) is 0 Å². The lowest BCUT2D eigenvalue weighted by molar-refractivity contribution is 0.100. The summed E-state index contributed by atoms with van der Waals surface area (Å²) >= 11 is 0. The molecule has 0 saturated carbocycles. The predicted octanol–water partition coefficient (Wildman–Crippen LogP) is 0.958. The fourth-order valence-electron chi connectivity index (χ4n) is 2.16. The molecule has 1 atom stereocenters. The summed E-state index contributed by atoms with van der Waals surface area (Å²) in [5, 5.41) is 6.71. The molecule has 0 spiro atoms. The lowest BCUT2D eigenvalue weighted by Gasteiger charge is -2.15. The Morgan fingerprint density at radius 2 is 2.44 bits per heavy atom. The maximum Gasteiger partial charge on any atom is 0.248 e. The first-order chi connectivity index (χ1) is 8.70. The van der Waals surface area contributed by atoms with Crippen LogP contribution in [0.1, 0.15) is 23.2 Å². The van der Waals surface area contributed by atoms with E-state index in [1.165, 1.54) is 12.8 Å². The van der Waals surface area contributed by atoms with Gasteiger partial charge in [0.25, 0.3) is 0 Å². The standard InChI is InChI=1S/C13H19N3O2/c1-18-12-5-4-9(13(14)17)7-11(12)16-8-10-3-2-6-15-10/h4-5,7,10,15-16H,2-3,6,8H2,1H3,(H2,14,17). The van der Waals surface area contributed by atoms with Gasteiger partial charge < -0.3 is 21.1 Å². The third-order valence-electron chi connectivity index (χ3n) is 3.19. The normalized spacial score (nSPS) is 18.6. The van der Waals surface area contributed by atoms with Crippen molar-refractivity contribution in [1.82, 2.24) is 5.32 Å². The van der Waals surface area contributed by atoms with E-state index in [1.54, 1.807) is 25.3 Å². The smallest absolute Gasteiger partial charge is 0.248 e. The van der Waals surface area contributed by atoms with Gasteiger partial charge in [-0.25, -0.2) is 0 Å². The van der Waals surface area contributed by atoms with E-state index in [2.05, 4.69) is 10.6 Å². The van der Waals surface area contributed by atoms with Crippen LogP contribution in [-0.4, -0.2) is 32.1 Å². The molecule has 1 aromatic carbocycles. The molecule has 1 heterocycles. The maximum absolute atomic E-state index is 11.2. The molecule has 4 N–H and O–H groups in total. The number of hydrogen-bond acceptors (Lipinski definition) is 4. The Morgan fingerprint density at radius 1 is 1.61 bits per heavy atom. The third kappa shape index (κ3) is 2.92. The van der Waals surface area contributed by atoms with Gasteiger partial charge in [-0.3, -0.25) is 4.79 Å². The zero-order valence-corrected chi connectivity index (χ0v) is 10.5. The van der Waals surface area contributed by atoms with E-state index < -0.39 is 5.91 Å². The molecule has 5 heteroatoms. The number of primary amides is 1. The van der Waals surface area contributed by atoms with Crippen molar-refractivity contribution in [3.8, 4) is 5.75 Å². The number of carbonyl (C=O) groups excluding carboxylic acids is 1. The van der Waals surface area contributed by atoms with Gasteiger partial charge in [0.2, 0.25) is 5.91 Å². The number of amides is 1. The zero-order chi connectivity index (χ0) is 13.0. The van der Waals surface area contributed by atoms with E-state index in [0.29, 0.717) is 11.6 Å². The van der Waals surface area contributed by atoms with Crippen molar-refractivity contribution >= 4 is 11.6 Å². The van der Waals surface area contributed by atoms with Gasteiger partial charge in [0.05, 0.1) is 12.8 Å². The van der Waals surface area contributed by atoms with Gasteiger partial charge >= 0.3 is 0 Å². The van der Waals surface area contributed by atoms with Crippen molar-refractivity contribution < 1.29 is 9.53 Å². The maximum atomic E-state index is 11.2. The Kier molecular flexibility index (Phi) is 4.04. The Morgan fingerprint density at radius 3 is 3.06 bits per heavy atom. The average Bonchev–Trinajstić information content (AvgIpc) is 2.89. The largest absolute Gasteiger partial charge is 0.495 e. The number of methoxy groups -OCH3 is 1. The molecule has 18 heavy (non-hydrogen) atoms. The van der Waals surface area contributed by atoms with E-state index in [9.17, 15) is 4.79 Å². The molecule has 1 aliphatic heterocycles. The molecular formula is C13H19N3O2. The Labute approximate surface area is 107 Å². The number of benzene rings is 1. The fourth-order valence-corrected chi connectivity index (χ4v) is 2.16. The van der Waals surface area contributed by atoms with E-state index in [-0.39, 0.29) is 0 Å². The Hall–Kier alpha value is -1.75. The predicted molar refractivity (Wildman–Crippen MR) is 71.0 cm³/mol. The van der Waals surface area contributed by atoms with Crippen molar-refractivity contribution in [1.29, 1.82) is 0 Å². The highest BCUT2D eigenvalue weighted by atomic mass is 16.5. The summed E-state index contributed by atoms with van der Waals surface area (Å²) in [7, 11) is 1.61. The molecule has 0 bridgehead atoms. The van der Waals surface area contributed by atoms with E-state index in [1.807, 2.05) is 0 Å². The first kappa shape index (κ1) is 12.7. The molecule has 5 nitrogen and oxygen atoms in total. The highest BCUT2D eigenvalue weighted by molar-refractivity contribution is 5.94. The van der Waals surface area contributed by atoms with Gasteiger partial charge in [0.1, 0.15) is 5.75 Å². The average molecular weight is 249 g/mol. The van der Waals surface area contributed by atoms with Crippen LogP contribution in [0.2, 0.25) is 0 Å². The molecular weight excluding hydrogens is 230 g/mol. The molecule has 1 fully saturated rings. The quantitative estimate of drug-likeness (QED) is 0.726. The molecule has 0 radical (unpaired) electrons. The minimum atomic E-state index is -0.431. The van der Waals surface area contributed by atoms with Crippen molar-refractivity contribution in [2.45, 2.75) is 18.9 Å². The summed E-state index contributed by atoms with van der Waals surface area (Å²) in [6.45, 7) is 1.89. The lowest BCUT2D eigenvalue weighted by atomic mass is 10.1. The molecule has 98 valence electrons. The summed E-state index contributed by atoms with van der Waals surface area (Å²) < 4.78 is 5.26. The van der Waals surface area contributed by atoms with E-state index in [0.717, 1.165) is 24.5 Å². The number of ether oxygens (including phenoxy) is 1. The molecule has 0 aliphatic carbocycles. The molecule has 1 unspecified atom stereocenters. The van der Waals surface area contributed by atoms with E-state index in [4.69, 9.17) is 10.5 Å². The second kappa shape index (κ2) is 5.73. The Bertz CT molecular complexity index is 428. The van der Waals surface area contributed by atoms with Crippen LogP contribution in [0.25, 0.3) is 0 Å². The molecule has 1 amide bonds. The van der Waals surface area contributed by atoms with Crippen LogP contribution in [0, 0.1) is 0 Å². The summed E-state index contributed by atoms with van der Waals surface area (Å²) in [5.41, 5.74) is 6.56. The van der Waals surface area contributed by atoms with Crippen LogP contribution < -0.4 is 21.1 Å². The monoisotopic (exact) mass is 249 g/mol. The van der Waals surface area contributed by atoms with Crippen LogP contribution in [0.5, 0.6) is 5.75 Å². The molecule has 1 saturated heterocycles. The van der Waals surface area contributed by atoms with Crippen molar-refractivity contribution in [2.24, 2.45) is 5.73 Å². The number of rotatable bonds is 5. The topological polar surface area (TPSA) is 76.4 Å². The van der Waals surface area contributed by atoms with Crippen LogP contribution >= 0.6 is 0 Å². The van der Waals surface area contributed by atoms with Crippen LogP contribution in [0.15, 0.2) is 18.2 Å². The SMILES string of the molecule is COc1ccc(C(N)=O)cc1NCC1CCCN1.